The van der Waals surface area contributed by atoms with Crippen molar-refractivity contribution in [3.63, 3.8) is 0 Å². The molecule has 0 saturated heterocycles. The van der Waals surface area contributed by atoms with Gasteiger partial charge in [0.1, 0.15) is 13.2 Å². The van der Waals surface area contributed by atoms with E-state index in [2.05, 4.69) is 22.6 Å². The molecule has 0 unspecified atom stereocenters. The van der Waals surface area contributed by atoms with E-state index in [1.807, 2.05) is 0 Å². The fourth-order valence-electron chi connectivity index (χ4n) is 0.982. The van der Waals surface area contributed by atoms with Crippen molar-refractivity contribution in [1.29, 1.82) is 0 Å². The Morgan fingerprint density at radius 3 is 1.30 bits per heavy atom. The molecular formula is C12H14O8. The highest BCUT2D eigenvalue weighted by atomic mass is 16.6. The second-order valence-electron chi connectivity index (χ2n) is 3.62. The van der Waals surface area contributed by atoms with Gasteiger partial charge in [-0.2, -0.15) is 0 Å². The average molecular weight is 286 g/mol. The van der Waals surface area contributed by atoms with Gasteiger partial charge in [0.05, 0.1) is 12.8 Å². The standard InChI is InChI=1S/C12H14O8/c1-7(5-9(13)14)11(17)19-3-4-20-12(18)8(2)6-10(15)16/h1-6H2,(H,13,14)(H,15,16). The van der Waals surface area contributed by atoms with Gasteiger partial charge in [0.25, 0.3) is 0 Å². The number of aliphatic carboxylic acids is 2. The van der Waals surface area contributed by atoms with Crippen LogP contribution in [0, 0.1) is 0 Å². The molecular weight excluding hydrogens is 272 g/mol. The molecule has 8 nitrogen and oxygen atoms in total. The molecule has 0 aromatic carbocycles. The van der Waals surface area contributed by atoms with Crippen molar-refractivity contribution in [2.24, 2.45) is 0 Å². The molecule has 0 bridgehead atoms. The minimum atomic E-state index is -1.22. The summed E-state index contributed by atoms with van der Waals surface area (Å²) in [5, 5.41) is 16.8. The van der Waals surface area contributed by atoms with E-state index in [1.165, 1.54) is 0 Å². The van der Waals surface area contributed by atoms with Crippen LogP contribution in [-0.2, 0) is 28.7 Å². The van der Waals surface area contributed by atoms with Crippen molar-refractivity contribution < 1.29 is 38.9 Å². The van der Waals surface area contributed by atoms with Crippen molar-refractivity contribution in [1.82, 2.24) is 0 Å². The zero-order chi connectivity index (χ0) is 15.7. The minimum absolute atomic E-state index is 0.237. The number of carbonyl (C=O) groups is 4. The Hall–Kier alpha value is -2.64. The molecule has 0 aromatic heterocycles. The molecule has 0 aliphatic heterocycles. The van der Waals surface area contributed by atoms with Gasteiger partial charge in [-0.1, -0.05) is 13.2 Å². The maximum atomic E-state index is 11.2. The first-order valence-corrected chi connectivity index (χ1v) is 5.37. The van der Waals surface area contributed by atoms with E-state index in [0.29, 0.717) is 0 Å². The van der Waals surface area contributed by atoms with Crippen LogP contribution in [0.2, 0.25) is 0 Å². The van der Waals surface area contributed by atoms with Crippen LogP contribution in [0.5, 0.6) is 0 Å². The molecule has 0 spiro atoms. The summed E-state index contributed by atoms with van der Waals surface area (Å²) in [6.07, 6.45) is -1.10. The molecule has 0 amide bonds. The SMILES string of the molecule is C=C(CC(=O)O)C(=O)OCCOC(=O)C(=C)CC(=O)O. The smallest absolute Gasteiger partial charge is 0.334 e. The van der Waals surface area contributed by atoms with Crippen LogP contribution < -0.4 is 0 Å². The van der Waals surface area contributed by atoms with Crippen LogP contribution in [0.15, 0.2) is 24.3 Å². The van der Waals surface area contributed by atoms with Crippen molar-refractivity contribution in [2.75, 3.05) is 13.2 Å². The molecule has 0 rings (SSSR count). The summed E-state index contributed by atoms with van der Waals surface area (Å²) in [6.45, 7) is 5.85. The Kier molecular flexibility index (Phi) is 7.34. The summed E-state index contributed by atoms with van der Waals surface area (Å²) in [5.74, 6) is -4.26. The number of carboxylic acids is 2. The highest BCUT2D eigenvalue weighted by Crippen LogP contribution is 2.03. The van der Waals surface area contributed by atoms with Gasteiger partial charge in [0.15, 0.2) is 0 Å². The highest BCUT2D eigenvalue weighted by Gasteiger charge is 2.14. The third-order valence-electron chi connectivity index (χ3n) is 1.86. The van der Waals surface area contributed by atoms with Gasteiger partial charge in [0, 0.05) is 11.1 Å². The maximum Gasteiger partial charge on any atom is 0.334 e. The van der Waals surface area contributed by atoms with E-state index in [-0.39, 0.29) is 24.4 Å². The summed E-state index contributed by atoms with van der Waals surface area (Å²) >= 11 is 0. The molecule has 0 radical (unpaired) electrons. The van der Waals surface area contributed by atoms with Crippen LogP contribution in [0.25, 0.3) is 0 Å². The van der Waals surface area contributed by atoms with E-state index in [4.69, 9.17) is 10.2 Å². The molecule has 0 fully saturated rings. The average Bonchev–Trinajstić information content (AvgIpc) is 2.32. The van der Waals surface area contributed by atoms with Gasteiger partial charge in [-0.3, -0.25) is 9.59 Å². The van der Waals surface area contributed by atoms with Gasteiger partial charge in [0.2, 0.25) is 0 Å². The summed E-state index contributed by atoms with van der Waals surface area (Å²) in [6, 6.07) is 0. The van der Waals surface area contributed by atoms with Crippen molar-refractivity contribution in [3.8, 4) is 0 Å². The zero-order valence-corrected chi connectivity index (χ0v) is 10.6. The van der Waals surface area contributed by atoms with E-state index in [9.17, 15) is 19.2 Å². The van der Waals surface area contributed by atoms with Gasteiger partial charge in [-0.05, 0) is 0 Å². The lowest BCUT2D eigenvalue weighted by Crippen LogP contribution is -2.17. The minimum Gasteiger partial charge on any atom is -0.481 e. The van der Waals surface area contributed by atoms with Gasteiger partial charge < -0.3 is 19.7 Å². The Labute approximate surface area is 114 Å². The molecule has 0 atom stereocenters. The Morgan fingerprint density at radius 1 is 0.750 bits per heavy atom. The largest absolute Gasteiger partial charge is 0.481 e. The Bertz CT molecular complexity index is 406. The first-order chi connectivity index (χ1) is 9.23. The normalized spacial score (nSPS) is 9.40. The Morgan fingerprint density at radius 2 is 1.05 bits per heavy atom. The fourth-order valence-corrected chi connectivity index (χ4v) is 0.982. The van der Waals surface area contributed by atoms with E-state index in [1.54, 1.807) is 0 Å². The summed E-state index contributed by atoms with van der Waals surface area (Å²) < 4.78 is 9.18. The van der Waals surface area contributed by atoms with Crippen molar-refractivity contribution in [2.45, 2.75) is 12.8 Å². The lowest BCUT2D eigenvalue weighted by molar-refractivity contribution is -0.148. The lowest BCUT2D eigenvalue weighted by Gasteiger charge is -2.07. The van der Waals surface area contributed by atoms with Crippen LogP contribution in [0.1, 0.15) is 12.8 Å². The predicted molar refractivity (Wildman–Crippen MR) is 64.7 cm³/mol. The van der Waals surface area contributed by atoms with Crippen LogP contribution >= 0.6 is 0 Å². The molecule has 0 heterocycles. The molecule has 0 saturated carbocycles. The van der Waals surface area contributed by atoms with Crippen LogP contribution in [0.3, 0.4) is 0 Å². The summed E-state index contributed by atoms with van der Waals surface area (Å²) in [5.41, 5.74) is -0.474. The van der Waals surface area contributed by atoms with Gasteiger partial charge in [-0.25, -0.2) is 9.59 Å². The topological polar surface area (TPSA) is 127 Å². The lowest BCUT2D eigenvalue weighted by atomic mass is 10.2. The first kappa shape index (κ1) is 17.4. The molecule has 110 valence electrons. The van der Waals surface area contributed by atoms with E-state index in [0.717, 1.165) is 0 Å². The third kappa shape index (κ3) is 7.64. The number of ether oxygens (including phenoxy) is 2. The van der Waals surface area contributed by atoms with Crippen LogP contribution in [-0.4, -0.2) is 47.3 Å². The zero-order valence-electron chi connectivity index (χ0n) is 10.6. The number of rotatable bonds is 9. The summed E-state index contributed by atoms with van der Waals surface area (Å²) in [4.78, 5) is 43.0. The fraction of sp³-hybridized carbons (Fsp3) is 0.333. The highest BCUT2D eigenvalue weighted by molar-refractivity contribution is 5.93. The predicted octanol–water partition coefficient (Wildman–Crippen LogP) is 0.135. The third-order valence-corrected chi connectivity index (χ3v) is 1.86. The number of carboxylic acid groups (broad SMARTS) is 2. The second kappa shape index (κ2) is 8.46. The van der Waals surface area contributed by atoms with E-state index < -0.39 is 36.7 Å². The number of carbonyl (C=O) groups excluding carboxylic acids is 2. The second-order valence-corrected chi connectivity index (χ2v) is 3.62. The molecule has 8 heteroatoms. The van der Waals surface area contributed by atoms with Crippen molar-refractivity contribution >= 4 is 23.9 Å². The quantitative estimate of drug-likeness (QED) is 0.348. The molecule has 0 aliphatic rings. The van der Waals surface area contributed by atoms with Gasteiger partial charge >= 0.3 is 23.9 Å². The summed E-state index contributed by atoms with van der Waals surface area (Å²) in [7, 11) is 0. The molecule has 20 heavy (non-hydrogen) atoms. The number of hydrogen-bond acceptors (Lipinski definition) is 6. The monoisotopic (exact) mass is 286 g/mol. The van der Waals surface area contributed by atoms with E-state index >= 15 is 0 Å². The first-order valence-electron chi connectivity index (χ1n) is 5.37. The maximum absolute atomic E-state index is 11.2. The molecule has 0 aliphatic carbocycles. The number of esters is 2. The van der Waals surface area contributed by atoms with Crippen LogP contribution in [0.4, 0.5) is 0 Å². The van der Waals surface area contributed by atoms with Gasteiger partial charge in [-0.15, -0.1) is 0 Å². The number of hydrogen-bond donors (Lipinski definition) is 2. The molecule has 0 aromatic rings. The van der Waals surface area contributed by atoms with Crippen molar-refractivity contribution in [3.05, 3.63) is 24.3 Å². The molecule has 2 N–H and O–H groups in total. The Balaban J connectivity index is 3.91.